The fraction of sp³-hybridized carbons (Fsp3) is 0.750. The van der Waals surface area contributed by atoms with Crippen molar-refractivity contribution in [3.8, 4) is 0 Å². The molecule has 5 nitrogen and oxygen atoms in total. The van der Waals surface area contributed by atoms with Crippen LogP contribution in [0.2, 0.25) is 0 Å². The lowest BCUT2D eigenvalue weighted by molar-refractivity contribution is -0.127. The van der Waals surface area contributed by atoms with Crippen LogP contribution >= 0.6 is 0 Å². The molecule has 0 aliphatic rings. The van der Waals surface area contributed by atoms with Gasteiger partial charge in [0.25, 0.3) is 0 Å². The summed E-state index contributed by atoms with van der Waals surface area (Å²) in [7, 11) is 0. The molecule has 0 bridgehead atoms. The highest BCUT2D eigenvalue weighted by atomic mass is 16.2. The Morgan fingerprint density at radius 2 is 2.00 bits per heavy atom. The standard InChI is InChI=1S/C8H17N3O2/c1-3-6(9)4-7(12)11-5(2)8(10)13/h5-6H,3-4,9H2,1-2H3,(H2,10,13)(H,11,12). The van der Waals surface area contributed by atoms with Crippen LogP contribution in [-0.2, 0) is 9.59 Å². The predicted octanol–water partition coefficient (Wildman–Crippen LogP) is -0.896. The van der Waals surface area contributed by atoms with Gasteiger partial charge in [0.1, 0.15) is 6.04 Å². The van der Waals surface area contributed by atoms with Gasteiger partial charge in [-0.15, -0.1) is 0 Å². The van der Waals surface area contributed by atoms with Crippen molar-refractivity contribution in [2.24, 2.45) is 11.5 Å². The molecule has 0 aromatic carbocycles. The van der Waals surface area contributed by atoms with E-state index < -0.39 is 11.9 Å². The first kappa shape index (κ1) is 11.9. The lowest BCUT2D eigenvalue weighted by atomic mass is 10.1. The lowest BCUT2D eigenvalue weighted by Crippen LogP contribution is -2.43. The summed E-state index contributed by atoms with van der Waals surface area (Å²) in [6, 6.07) is -0.781. The quantitative estimate of drug-likeness (QED) is 0.520. The molecule has 0 rings (SSSR count). The van der Waals surface area contributed by atoms with Crippen LogP contribution in [0.5, 0.6) is 0 Å². The monoisotopic (exact) mass is 187 g/mol. The predicted molar refractivity (Wildman–Crippen MR) is 49.7 cm³/mol. The van der Waals surface area contributed by atoms with Gasteiger partial charge in [-0.2, -0.15) is 0 Å². The number of nitrogens with one attached hydrogen (secondary N) is 1. The van der Waals surface area contributed by atoms with Crippen molar-refractivity contribution in [1.29, 1.82) is 0 Å². The van der Waals surface area contributed by atoms with Crippen molar-refractivity contribution in [3.05, 3.63) is 0 Å². The van der Waals surface area contributed by atoms with Gasteiger partial charge in [0.2, 0.25) is 11.8 Å². The van der Waals surface area contributed by atoms with Crippen molar-refractivity contribution in [2.45, 2.75) is 38.8 Å². The Hall–Kier alpha value is -1.10. The molecule has 0 aliphatic carbocycles. The van der Waals surface area contributed by atoms with Gasteiger partial charge in [-0.25, -0.2) is 0 Å². The van der Waals surface area contributed by atoms with Crippen LogP contribution in [0.3, 0.4) is 0 Å². The van der Waals surface area contributed by atoms with Gasteiger partial charge >= 0.3 is 0 Å². The third-order valence-corrected chi connectivity index (χ3v) is 1.78. The summed E-state index contributed by atoms with van der Waals surface area (Å²) < 4.78 is 0. The van der Waals surface area contributed by atoms with Crippen LogP contribution in [0.1, 0.15) is 26.7 Å². The number of hydrogen-bond acceptors (Lipinski definition) is 3. The zero-order valence-electron chi connectivity index (χ0n) is 8.04. The normalized spacial score (nSPS) is 14.7. The van der Waals surface area contributed by atoms with Crippen molar-refractivity contribution in [1.82, 2.24) is 5.32 Å². The molecule has 0 aromatic rings. The first-order chi connectivity index (χ1) is 5.97. The van der Waals surface area contributed by atoms with Gasteiger partial charge in [0, 0.05) is 12.5 Å². The average molecular weight is 187 g/mol. The third-order valence-electron chi connectivity index (χ3n) is 1.78. The highest BCUT2D eigenvalue weighted by Gasteiger charge is 2.13. The summed E-state index contributed by atoms with van der Waals surface area (Å²) >= 11 is 0. The minimum absolute atomic E-state index is 0.153. The summed E-state index contributed by atoms with van der Waals surface area (Å²) in [6.45, 7) is 3.44. The Bertz CT molecular complexity index is 194. The van der Waals surface area contributed by atoms with E-state index >= 15 is 0 Å². The van der Waals surface area contributed by atoms with Crippen molar-refractivity contribution in [3.63, 3.8) is 0 Å². The fourth-order valence-electron chi connectivity index (χ4n) is 0.754. The summed E-state index contributed by atoms with van der Waals surface area (Å²) in [4.78, 5) is 21.7. The molecule has 0 aromatic heterocycles. The molecule has 0 radical (unpaired) electrons. The van der Waals surface area contributed by atoms with E-state index in [2.05, 4.69) is 5.32 Å². The molecule has 5 N–H and O–H groups in total. The minimum Gasteiger partial charge on any atom is -0.368 e. The summed E-state index contributed by atoms with van der Waals surface area (Å²) in [5.74, 6) is -0.779. The number of amides is 2. The maximum Gasteiger partial charge on any atom is 0.239 e. The van der Waals surface area contributed by atoms with Crippen LogP contribution in [0.25, 0.3) is 0 Å². The van der Waals surface area contributed by atoms with Gasteiger partial charge in [-0.05, 0) is 13.3 Å². The Kier molecular flexibility index (Phi) is 5.06. The van der Waals surface area contributed by atoms with E-state index in [4.69, 9.17) is 11.5 Å². The largest absolute Gasteiger partial charge is 0.368 e. The molecular weight excluding hydrogens is 170 g/mol. The molecule has 5 heteroatoms. The molecule has 0 spiro atoms. The highest BCUT2D eigenvalue weighted by molar-refractivity contribution is 5.86. The Labute approximate surface area is 77.8 Å². The highest BCUT2D eigenvalue weighted by Crippen LogP contribution is 1.93. The van der Waals surface area contributed by atoms with Gasteiger partial charge < -0.3 is 16.8 Å². The zero-order valence-corrected chi connectivity index (χ0v) is 8.04. The molecule has 0 saturated heterocycles. The van der Waals surface area contributed by atoms with Crippen LogP contribution < -0.4 is 16.8 Å². The smallest absolute Gasteiger partial charge is 0.239 e. The zero-order chi connectivity index (χ0) is 10.4. The van der Waals surface area contributed by atoms with Crippen molar-refractivity contribution < 1.29 is 9.59 Å². The van der Waals surface area contributed by atoms with E-state index in [1.807, 2.05) is 6.92 Å². The van der Waals surface area contributed by atoms with Crippen LogP contribution in [-0.4, -0.2) is 23.9 Å². The topological polar surface area (TPSA) is 98.2 Å². The molecule has 2 unspecified atom stereocenters. The van der Waals surface area contributed by atoms with Crippen LogP contribution in [0, 0.1) is 0 Å². The Balaban J connectivity index is 3.81. The summed E-state index contributed by atoms with van der Waals surface area (Å²) in [5, 5.41) is 2.45. The van der Waals surface area contributed by atoms with E-state index in [0.717, 1.165) is 6.42 Å². The molecule has 2 atom stereocenters. The number of carbonyl (C=O) groups excluding carboxylic acids is 2. The maximum absolute atomic E-state index is 11.1. The van der Waals surface area contributed by atoms with Crippen molar-refractivity contribution >= 4 is 11.8 Å². The fourth-order valence-corrected chi connectivity index (χ4v) is 0.754. The van der Waals surface area contributed by atoms with Gasteiger partial charge in [-0.3, -0.25) is 9.59 Å². The van der Waals surface area contributed by atoms with Gasteiger partial charge in [-0.1, -0.05) is 6.92 Å². The molecular formula is C8H17N3O2. The third kappa shape index (κ3) is 5.19. The van der Waals surface area contributed by atoms with Crippen molar-refractivity contribution in [2.75, 3.05) is 0 Å². The van der Waals surface area contributed by atoms with Crippen LogP contribution in [0.4, 0.5) is 0 Å². The van der Waals surface area contributed by atoms with E-state index in [9.17, 15) is 9.59 Å². The molecule has 0 saturated carbocycles. The number of carbonyl (C=O) groups is 2. The molecule has 13 heavy (non-hydrogen) atoms. The second-order valence-corrected chi connectivity index (χ2v) is 3.06. The summed E-state index contributed by atoms with van der Waals surface area (Å²) in [5.41, 5.74) is 10.5. The van der Waals surface area contributed by atoms with E-state index in [1.165, 1.54) is 6.92 Å². The minimum atomic E-state index is -0.628. The van der Waals surface area contributed by atoms with E-state index in [0.29, 0.717) is 0 Å². The molecule has 76 valence electrons. The molecule has 2 amide bonds. The second kappa shape index (κ2) is 5.53. The second-order valence-electron chi connectivity index (χ2n) is 3.06. The number of hydrogen-bond donors (Lipinski definition) is 3. The van der Waals surface area contributed by atoms with E-state index in [-0.39, 0.29) is 18.4 Å². The molecule has 0 heterocycles. The average Bonchev–Trinajstić information content (AvgIpc) is 2.03. The van der Waals surface area contributed by atoms with E-state index in [1.54, 1.807) is 0 Å². The number of nitrogens with two attached hydrogens (primary N) is 2. The SMILES string of the molecule is CCC(N)CC(=O)NC(C)C(N)=O. The summed E-state index contributed by atoms with van der Waals surface area (Å²) in [6.07, 6.45) is 0.965. The number of primary amides is 1. The maximum atomic E-state index is 11.1. The first-order valence-corrected chi connectivity index (χ1v) is 4.31. The Morgan fingerprint density at radius 1 is 1.46 bits per heavy atom. The van der Waals surface area contributed by atoms with Crippen LogP contribution in [0.15, 0.2) is 0 Å². The first-order valence-electron chi connectivity index (χ1n) is 4.31. The lowest BCUT2D eigenvalue weighted by Gasteiger charge is -2.12. The molecule has 0 aliphatic heterocycles. The van der Waals surface area contributed by atoms with Gasteiger partial charge in [0.15, 0.2) is 0 Å². The van der Waals surface area contributed by atoms with Gasteiger partial charge in [0.05, 0.1) is 0 Å². The molecule has 0 fully saturated rings. The number of rotatable bonds is 5. The Morgan fingerprint density at radius 3 is 2.38 bits per heavy atom.